The zero-order valence-corrected chi connectivity index (χ0v) is 40.1. The first-order valence-corrected chi connectivity index (χ1v) is 25.4. The first-order valence-electron chi connectivity index (χ1n) is 25.4. The second-order valence-electron chi connectivity index (χ2n) is 18.4. The van der Waals surface area contributed by atoms with Crippen molar-refractivity contribution in [3.05, 3.63) is 24.3 Å². The molecule has 0 saturated heterocycles. The highest BCUT2D eigenvalue weighted by Crippen LogP contribution is 2.16. The number of carbonyl (C=O) groups is 3. The summed E-state index contributed by atoms with van der Waals surface area (Å²) in [6.45, 7) is 4.68. The number of carboxylic acid groups (broad SMARTS) is 1. The van der Waals surface area contributed by atoms with Gasteiger partial charge in [-0.25, -0.2) is 0 Å². The number of nitrogens with zero attached hydrogens (tertiary/aromatic N) is 1. The molecule has 0 heterocycles. The number of unbranched alkanes of at least 4 members (excludes halogenated alkanes) is 28. The van der Waals surface area contributed by atoms with Crippen molar-refractivity contribution in [1.82, 2.24) is 0 Å². The molecule has 0 rings (SSSR count). The van der Waals surface area contributed by atoms with Gasteiger partial charge < -0.3 is 28.6 Å². The highest BCUT2D eigenvalue weighted by Gasteiger charge is 2.25. The monoisotopic (exact) mass is 848 g/mol. The van der Waals surface area contributed by atoms with Crippen LogP contribution in [0.1, 0.15) is 239 Å². The molecule has 8 heteroatoms. The molecule has 8 nitrogen and oxygen atoms in total. The van der Waals surface area contributed by atoms with Gasteiger partial charge in [0.2, 0.25) is 0 Å². The Hall–Kier alpha value is -2.19. The summed E-state index contributed by atoms with van der Waals surface area (Å²) < 4.78 is 17.2. The van der Waals surface area contributed by atoms with Crippen LogP contribution in [0, 0.1) is 0 Å². The summed E-state index contributed by atoms with van der Waals surface area (Å²) in [5.41, 5.74) is 0. The van der Waals surface area contributed by atoms with Crippen LogP contribution >= 0.6 is 0 Å². The molecule has 60 heavy (non-hydrogen) atoms. The van der Waals surface area contributed by atoms with E-state index in [1.807, 2.05) is 0 Å². The zero-order valence-electron chi connectivity index (χ0n) is 40.1. The van der Waals surface area contributed by atoms with Crippen molar-refractivity contribution in [2.45, 2.75) is 251 Å². The van der Waals surface area contributed by atoms with E-state index >= 15 is 0 Å². The Labute approximate surface area is 371 Å². The summed E-state index contributed by atoms with van der Waals surface area (Å²) in [5, 5.41) is 11.7. The highest BCUT2D eigenvalue weighted by molar-refractivity contribution is 5.70. The summed E-state index contributed by atoms with van der Waals surface area (Å²) >= 11 is 0. The molecule has 2 unspecified atom stereocenters. The molecule has 2 atom stereocenters. The van der Waals surface area contributed by atoms with Gasteiger partial charge in [0.1, 0.15) is 12.6 Å². The normalized spacial score (nSPS) is 13.0. The molecule has 0 radical (unpaired) electrons. The molecule has 0 aliphatic heterocycles. The summed E-state index contributed by atoms with van der Waals surface area (Å²) in [4.78, 5) is 37.0. The molecular formula is C52H97NO7. The summed E-state index contributed by atoms with van der Waals surface area (Å²) in [6, 6.07) is -0.725. The number of carboxylic acids is 1. The quantitative estimate of drug-likeness (QED) is 0.0260. The lowest BCUT2D eigenvalue weighted by atomic mass is 10.0. The maximum atomic E-state index is 12.8. The third-order valence-corrected chi connectivity index (χ3v) is 11.6. The second kappa shape index (κ2) is 43.5. The zero-order chi connectivity index (χ0) is 44.2. The van der Waals surface area contributed by atoms with Crippen molar-refractivity contribution in [3.63, 3.8) is 0 Å². The number of esters is 2. The van der Waals surface area contributed by atoms with E-state index in [0.717, 1.165) is 51.4 Å². The van der Waals surface area contributed by atoms with Crippen LogP contribution in [-0.4, -0.2) is 75.5 Å². The topological polar surface area (TPSA) is 102 Å². The number of ether oxygens (including phenoxy) is 3. The minimum absolute atomic E-state index is 0.0418. The minimum atomic E-state index is -1.12. The maximum absolute atomic E-state index is 12.8. The number of aliphatic carboxylic acids is 1. The van der Waals surface area contributed by atoms with Gasteiger partial charge >= 0.3 is 11.9 Å². The van der Waals surface area contributed by atoms with Crippen LogP contribution in [-0.2, 0) is 28.6 Å². The van der Waals surface area contributed by atoms with Crippen molar-refractivity contribution in [3.8, 4) is 0 Å². The number of quaternary nitrogens is 1. The summed E-state index contributed by atoms with van der Waals surface area (Å²) in [7, 11) is 5.42. The number of hydrogen-bond donors (Lipinski definition) is 0. The fourth-order valence-electron chi connectivity index (χ4n) is 7.63. The van der Waals surface area contributed by atoms with Gasteiger partial charge in [-0.1, -0.05) is 199 Å². The second-order valence-corrected chi connectivity index (χ2v) is 18.4. The fourth-order valence-corrected chi connectivity index (χ4v) is 7.63. The van der Waals surface area contributed by atoms with Crippen molar-refractivity contribution < 1.29 is 38.2 Å². The van der Waals surface area contributed by atoms with E-state index in [1.54, 1.807) is 21.1 Å². The van der Waals surface area contributed by atoms with Crippen LogP contribution in [0.2, 0.25) is 0 Å². The SMILES string of the molecule is CCCCCC/C=C\C/C=C\CCCCCCCCCC(=O)OC(COCCC(C(=O)[O-])[N+](C)(C)C)COC(=O)CCCCCCCCCCCCCCCCCCCC. The highest BCUT2D eigenvalue weighted by atomic mass is 16.6. The fraction of sp³-hybridized carbons (Fsp3) is 0.865. The molecule has 0 aromatic heterocycles. The first-order chi connectivity index (χ1) is 29.1. The average molecular weight is 848 g/mol. The van der Waals surface area contributed by atoms with Crippen molar-refractivity contribution in [1.29, 1.82) is 0 Å². The van der Waals surface area contributed by atoms with Crippen molar-refractivity contribution in [2.75, 3.05) is 41.0 Å². The summed E-state index contributed by atoms with van der Waals surface area (Å²) in [6.07, 6.45) is 49.1. The predicted octanol–water partition coefficient (Wildman–Crippen LogP) is 13.1. The van der Waals surface area contributed by atoms with Gasteiger partial charge in [0.25, 0.3) is 0 Å². The molecule has 0 bridgehead atoms. The predicted molar refractivity (Wildman–Crippen MR) is 250 cm³/mol. The van der Waals surface area contributed by atoms with E-state index in [4.69, 9.17) is 14.2 Å². The molecule has 0 spiro atoms. The first kappa shape index (κ1) is 57.8. The van der Waals surface area contributed by atoms with E-state index in [9.17, 15) is 19.5 Å². The van der Waals surface area contributed by atoms with Crippen molar-refractivity contribution in [2.24, 2.45) is 0 Å². The van der Waals surface area contributed by atoms with Gasteiger partial charge in [-0.3, -0.25) is 9.59 Å². The average Bonchev–Trinajstić information content (AvgIpc) is 3.21. The van der Waals surface area contributed by atoms with Crippen LogP contribution in [0.4, 0.5) is 0 Å². The van der Waals surface area contributed by atoms with Crippen LogP contribution in [0.25, 0.3) is 0 Å². The van der Waals surface area contributed by atoms with Crippen LogP contribution < -0.4 is 5.11 Å². The lowest BCUT2D eigenvalue weighted by Crippen LogP contribution is -2.55. The van der Waals surface area contributed by atoms with Crippen LogP contribution in [0.5, 0.6) is 0 Å². The van der Waals surface area contributed by atoms with E-state index < -0.39 is 18.1 Å². The lowest BCUT2D eigenvalue weighted by molar-refractivity contribution is -0.889. The Morgan fingerprint density at radius 3 is 1.30 bits per heavy atom. The Morgan fingerprint density at radius 2 is 0.883 bits per heavy atom. The van der Waals surface area contributed by atoms with E-state index in [-0.39, 0.29) is 42.7 Å². The molecule has 0 amide bonds. The van der Waals surface area contributed by atoms with Crippen LogP contribution in [0.15, 0.2) is 24.3 Å². The Balaban J connectivity index is 4.24. The molecule has 0 N–H and O–H groups in total. The number of hydrogen-bond acceptors (Lipinski definition) is 7. The van der Waals surface area contributed by atoms with Gasteiger partial charge in [0.05, 0.1) is 40.3 Å². The maximum Gasteiger partial charge on any atom is 0.306 e. The van der Waals surface area contributed by atoms with Gasteiger partial charge in [0, 0.05) is 19.3 Å². The third-order valence-electron chi connectivity index (χ3n) is 11.6. The smallest absolute Gasteiger partial charge is 0.306 e. The molecule has 0 aliphatic carbocycles. The Bertz CT molecular complexity index is 1040. The Kier molecular flexibility index (Phi) is 41.9. The van der Waals surface area contributed by atoms with Gasteiger partial charge in [-0.05, 0) is 44.9 Å². The van der Waals surface area contributed by atoms with Gasteiger partial charge in [-0.2, -0.15) is 0 Å². The molecular weight excluding hydrogens is 751 g/mol. The molecule has 0 fully saturated rings. The minimum Gasteiger partial charge on any atom is -0.544 e. The number of rotatable bonds is 46. The third kappa shape index (κ3) is 41.2. The van der Waals surface area contributed by atoms with E-state index in [1.165, 1.54) is 154 Å². The number of carbonyl (C=O) groups excluding carboxylic acids is 3. The Morgan fingerprint density at radius 1 is 0.500 bits per heavy atom. The lowest BCUT2D eigenvalue weighted by Gasteiger charge is -2.34. The van der Waals surface area contributed by atoms with E-state index in [0.29, 0.717) is 12.8 Å². The molecule has 0 saturated carbocycles. The van der Waals surface area contributed by atoms with Crippen molar-refractivity contribution >= 4 is 17.9 Å². The van der Waals surface area contributed by atoms with E-state index in [2.05, 4.69) is 38.2 Å². The standard InChI is InChI=1S/C52H97NO7/c1-6-8-10-12-14-16-18-20-22-24-26-28-30-32-34-36-38-40-42-50(54)59-47-48(46-58-45-44-49(52(56)57)53(3,4)5)60-51(55)43-41-39-37-35-33-31-29-27-25-23-21-19-17-15-13-11-9-7-2/h17,19,23,25,48-49H,6-16,18,20-22,24,26-47H2,1-5H3/b19-17-,25-23-. The molecule has 0 aliphatic rings. The van der Waals surface area contributed by atoms with Crippen LogP contribution in [0.3, 0.4) is 0 Å². The molecule has 352 valence electrons. The summed E-state index contributed by atoms with van der Waals surface area (Å²) in [5.74, 6) is -1.73. The van der Waals surface area contributed by atoms with Gasteiger partial charge in [0.15, 0.2) is 6.10 Å². The molecule has 0 aromatic carbocycles. The number of allylic oxidation sites excluding steroid dienone is 4. The largest absolute Gasteiger partial charge is 0.544 e. The number of likely N-dealkylation sites (N-methyl/N-ethyl adjacent to an activating group) is 1. The molecule has 0 aromatic rings. The van der Waals surface area contributed by atoms with Gasteiger partial charge in [-0.15, -0.1) is 0 Å².